The lowest BCUT2D eigenvalue weighted by Crippen LogP contribution is -2.49. The second kappa shape index (κ2) is 32.2. The van der Waals surface area contributed by atoms with E-state index < -0.39 is 24.9 Å². The third kappa shape index (κ3) is 27.9. The van der Waals surface area contributed by atoms with Crippen molar-refractivity contribution in [2.75, 3.05) is 6.61 Å². The number of alkyl halides is 1. The Balaban J connectivity index is 3.66. The van der Waals surface area contributed by atoms with Crippen molar-refractivity contribution in [2.45, 2.75) is 218 Å². The standard InChI is InChI=1S/C36H72FNO3/c1-3-5-7-9-11-13-15-17-18-19-21-23-25-27-29-31-35(40)38-34(32-39)36(41)33(37)30-28-26-24-22-20-16-14-12-10-8-6-4-2/h33-34,36,39,41H,3-32H2,1-2H3,(H,38,40)/t33-,34+,36-/m1/s1. The van der Waals surface area contributed by atoms with E-state index in [1.165, 1.54) is 135 Å². The van der Waals surface area contributed by atoms with E-state index in [4.69, 9.17) is 0 Å². The summed E-state index contributed by atoms with van der Waals surface area (Å²) in [4.78, 5) is 12.3. The molecule has 0 spiro atoms. The fourth-order valence-corrected chi connectivity index (χ4v) is 5.78. The molecule has 246 valence electrons. The number of halogens is 1. The van der Waals surface area contributed by atoms with E-state index in [1.54, 1.807) is 0 Å². The van der Waals surface area contributed by atoms with Crippen LogP contribution in [0.4, 0.5) is 4.39 Å². The molecule has 0 heterocycles. The van der Waals surface area contributed by atoms with Crippen LogP contribution in [0.5, 0.6) is 0 Å². The maximum absolute atomic E-state index is 14.6. The first kappa shape index (κ1) is 40.3. The van der Waals surface area contributed by atoms with Crippen LogP contribution in [0.15, 0.2) is 0 Å². The van der Waals surface area contributed by atoms with Crippen LogP contribution in [0, 0.1) is 0 Å². The van der Waals surface area contributed by atoms with Crippen molar-refractivity contribution >= 4 is 5.91 Å². The van der Waals surface area contributed by atoms with Crippen LogP contribution in [-0.4, -0.2) is 41.0 Å². The van der Waals surface area contributed by atoms with Crippen molar-refractivity contribution in [3.8, 4) is 0 Å². The molecular formula is C36H72FNO3. The SMILES string of the molecule is CCCCCCCCCCCCCCCCCC(=O)N[C@@H](CO)[C@H](O)[C@H](F)CCCCCCCCCCCCCC. The van der Waals surface area contributed by atoms with E-state index in [2.05, 4.69) is 19.2 Å². The monoisotopic (exact) mass is 586 g/mol. The number of unbranched alkanes of at least 4 members (excludes halogenated alkanes) is 25. The highest BCUT2D eigenvalue weighted by atomic mass is 19.1. The highest BCUT2D eigenvalue weighted by Gasteiger charge is 2.28. The molecule has 0 radical (unpaired) electrons. The lowest BCUT2D eigenvalue weighted by atomic mass is 10.00. The number of carbonyl (C=O) groups is 1. The van der Waals surface area contributed by atoms with Gasteiger partial charge in [0.1, 0.15) is 12.3 Å². The normalized spacial score (nSPS) is 13.8. The Morgan fingerprint density at radius 3 is 1.22 bits per heavy atom. The average Bonchev–Trinajstić information content (AvgIpc) is 2.97. The van der Waals surface area contributed by atoms with Gasteiger partial charge < -0.3 is 15.5 Å². The fourth-order valence-electron chi connectivity index (χ4n) is 5.78. The van der Waals surface area contributed by atoms with Crippen LogP contribution in [0.2, 0.25) is 0 Å². The lowest BCUT2D eigenvalue weighted by molar-refractivity contribution is -0.123. The highest BCUT2D eigenvalue weighted by Crippen LogP contribution is 2.17. The van der Waals surface area contributed by atoms with Crippen LogP contribution in [0.1, 0.15) is 200 Å². The van der Waals surface area contributed by atoms with Gasteiger partial charge in [-0.05, 0) is 12.8 Å². The summed E-state index contributed by atoms with van der Waals surface area (Å²) in [6, 6.07) is -0.925. The Kier molecular flexibility index (Phi) is 31.7. The number of amides is 1. The first-order valence-electron chi connectivity index (χ1n) is 18.3. The third-order valence-corrected chi connectivity index (χ3v) is 8.67. The van der Waals surface area contributed by atoms with Crippen LogP contribution < -0.4 is 5.32 Å². The van der Waals surface area contributed by atoms with Gasteiger partial charge in [-0.15, -0.1) is 0 Å². The van der Waals surface area contributed by atoms with Gasteiger partial charge in [0.2, 0.25) is 5.91 Å². The molecule has 0 bridgehead atoms. The molecule has 0 saturated carbocycles. The number of carbonyl (C=O) groups excluding carboxylic acids is 1. The maximum Gasteiger partial charge on any atom is 0.220 e. The van der Waals surface area contributed by atoms with Gasteiger partial charge in [0.05, 0.1) is 12.6 Å². The quantitative estimate of drug-likeness (QED) is 0.0671. The number of hydrogen-bond acceptors (Lipinski definition) is 3. The van der Waals surface area contributed by atoms with Crippen LogP contribution in [0.3, 0.4) is 0 Å². The first-order valence-corrected chi connectivity index (χ1v) is 18.3. The maximum atomic E-state index is 14.6. The molecule has 5 heteroatoms. The second-order valence-corrected chi connectivity index (χ2v) is 12.7. The molecule has 0 aromatic carbocycles. The Labute approximate surface area is 255 Å². The van der Waals surface area contributed by atoms with Gasteiger partial charge in [0.15, 0.2) is 0 Å². The van der Waals surface area contributed by atoms with E-state index in [0.29, 0.717) is 6.42 Å². The Morgan fingerprint density at radius 1 is 0.561 bits per heavy atom. The molecule has 41 heavy (non-hydrogen) atoms. The number of rotatable bonds is 33. The second-order valence-electron chi connectivity index (χ2n) is 12.7. The molecule has 0 aromatic heterocycles. The van der Waals surface area contributed by atoms with Crippen molar-refractivity contribution in [3.05, 3.63) is 0 Å². The molecule has 4 nitrogen and oxygen atoms in total. The summed E-state index contributed by atoms with van der Waals surface area (Å²) < 4.78 is 14.6. The molecule has 3 atom stereocenters. The molecule has 3 N–H and O–H groups in total. The Morgan fingerprint density at radius 2 is 0.878 bits per heavy atom. The minimum Gasteiger partial charge on any atom is -0.394 e. The van der Waals surface area contributed by atoms with Crippen molar-refractivity contribution in [2.24, 2.45) is 0 Å². The molecule has 0 aliphatic heterocycles. The van der Waals surface area contributed by atoms with E-state index in [9.17, 15) is 19.4 Å². The zero-order valence-electron chi connectivity index (χ0n) is 27.6. The van der Waals surface area contributed by atoms with E-state index >= 15 is 0 Å². The van der Waals surface area contributed by atoms with Crippen molar-refractivity contribution < 1.29 is 19.4 Å². The van der Waals surface area contributed by atoms with E-state index in [-0.39, 0.29) is 12.3 Å². The van der Waals surface area contributed by atoms with Gasteiger partial charge in [-0.25, -0.2) is 4.39 Å². The molecule has 0 unspecified atom stereocenters. The van der Waals surface area contributed by atoms with Crippen molar-refractivity contribution in [3.63, 3.8) is 0 Å². The molecule has 0 aromatic rings. The minimum atomic E-state index is -1.42. The number of nitrogens with one attached hydrogen (secondary N) is 1. The summed E-state index contributed by atoms with van der Waals surface area (Å²) in [7, 11) is 0. The molecule has 0 fully saturated rings. The summed E-state index contributed by atoms with van der Waals surface area (Å²) >= 11 is 0. The summed E-state index contributed by atoms with van der Waals surface area (Å²) in [5.41, 5.74) is 0. The molecule has 0 aliphatic rings. The molecular weight excluding hydrogens is 513 g/mol. The van der Waals surface area contributed by atoms with Gasteiger partial charge in [0, 0.05) is 6.42 Å². The summed E-state index contributed by atoms with van der Waals surface area (Å²) in [5.74, 6) is -0.199. The largest absolute Gasteiger partial charge is 0.394 e. The number of aliphatic hydroxyl groups is 2. The smallest absolute Gasteiger partial charge is 0.220 e. The van der Waals surface area contributed by atoms with E-state index in [1.807, 2.05) is 0 Å². The molecule has 1 amide bonds. The minimum absolute atomic E-state index is 0.199. The van der Waals surface area contributed by atoms with Crippen molar-refractivity contribution in [1.82, 2.24) is 5.32 Å². The van der Waals surface area contributed by atoms with E-state index in [0.717, 1.165) is 38.5 Å². The van der Waals surface area contributed by atoms with Gasteiger partial charge in [0.25, 0.3) is 0 Å². The number of aliphatic hydroxyl groups excluding tert-OH is 2. The Bertz CT molecular complexity index is 533. The average molecular weight is 586 g/mol. The topological polar surface area (TPSA) is 69.6 Å². The highest BCUT2D eigenvalue weighted by molar-refractivity contribution is 5.76. The number of hydrogen-bond donors (Lipinski definition) is 3. The first-order chi connectivity index (χ1) is 20.1. The summed E-state index contributed by atoms with van der Waals surface area (Å²) in [5, 5.41) is 22.7. The molecule has 0 rings (SSSR count). The molecule has 0 saturated heterocycles. The van der Waals surface area contributed by atoms with Gasteiger partial charge in [-0.3, -0.25) is 4.79 Å². The van der Waals surface area contributed by atoms with Crippen LogP contribution in [-0.2, 0) is 4.79 Å². The predicted octanol–water partition coefficient (Wildman–Crippen LogP) is 10.5. The van der Waals surface area contributed by atoms with Crippen molar-refractivity contribution in [1.29, 1.82) is 0 Å². The predicted molar refractivity (Wildman–Crippen MR) is 175 cm³/mol. The van der Waals surface area contributed by atoms with Crippen LogP contribution >= 0.6 is 0 Å². The fraction of sp³-hybridized carbons (Fsp3) is 0.972. The summed E-state index contributed by atoms with van der Waals surface area (Å²) in [6.45, 7) is 4.07. The third-order valence-electron chi connectivity index (χ3n) is 8.67. The zero-order valence-corrected chi connectivity index (χ0v) is 27.6. The molecule has 0 aliphatic carbocycles. The van der Waals surface area contributed by atoms with Gasteiger partial charge >= 0.3 is 0 Å². The van der Waals surface area contributed by atoms with Gasteiger partial charge in [-0.2, -0.15) is 0 Å². The lowest BCUT2D eigenvalue weighted by Gasteiger charge is -2.25. The zero-order chi connectivity index (χ0) is 30.2. The van der Waals surface area contributed by atoms with Gasteiger partial charge in [-0.1, -0.05) is 181 Å². The van der Waals surface area contributed by atoms with Crippen LogP contribution in [0.25, 0.3) is 0 Å². The Hall–Kier alpha value is -0.680. The summed E-state index contributed by atoms with van der Waals surface area (Å²) in [6.07, 6.45) is 31.7.